The number of nitrogens with one attached hydrogen (secondary N) is 1. The summed E-state index contributed by atoms with van der Waals surface area (Å²) in [5.74, 6) is 1.44. The second-order valence-electron chi connectivity index (χ2n) is 5.75. The van der Waals surface area contributed by atoms with Gasteiger partial charge in [0.15, 0.2) is 0 Å². The average molecular weight is 352 g/mol. The van der Waals surface area contributed by atoms with Gasteiger partial charge in [-0.3, -0.25) is 0 Å². The first-order chi connectivity index (χ1) is 12.7. The number of anilines is 3. The van der Waals surface area contributed by atoms with E-state index in [2.05, 4.69) is 26.3 Å². The van der Waals surface area contributed by atoms with Gasteiger partial charge in [0, 0.05) is 37.9 Å². The van der Waals surface area contributed by atoms with Crippen molar-refractivity contribution < 1.29 is 9.53 Å². The molecule has 1 aromatic heterocycles. The number of hydrogen-bond donors (Lipinski definition) is 1. The maximum absolute atomic E-state index is 11.8. The summed E-state index contributed by atoms with van der Waals surface area (Å²) < 4.78 is 5.04. The summed E-state index contributed by atoms with van der Waals surface area (Å²) in [5.41, 5.74) is 1.38. The molecule has 0 saturated carbocycles. The summed E-state index contributed by atoms with van der Waals surface area (Å²) in [5, 5.41) is 12.2. The Morgan fingerprint density at radius 3 is 2.81 bits per heavy atom. The first kappa shape index (κ1) is 17.5. The molecule has 1 amide bonds. The number of hydrogen-bond acceptors (Lipinski definition) is 7. The van der Waals surface area contributed by atoms with Crippen molar-refractivity contribution in [1.82, 2.24) is 14.9 Å². The molecule has 3 rings (SSSR count). The Balaban J connectivity index is 1.65. The maximum Gasteiger partial charge on any atom is 0.409 e. The van der Waals surface area contributed by atoms with Crippen LogP contribution in [0.1, 0.15) is 12.5 Å². The van der Waals surface area contributed by atoms with E-state index in [4.69, 9.17) is 10.00 Å². The van der Waals surface area contributed by atoms with E-state index >= 15 is 0 Å². The first-order valence-corrected chi connectivity index (χ1v) is 8.45. The average Bonchev–Trinajstić information content (AvgIpc) is 2.69. The molecular weight excluding hydrogens is 332 g/mol. The Kier molecular flexibility index (Phi) is 5.49. The molecule has 0 radical (unpaired) electrons. The third kappa shape index (κ3) is 4.19. The van der Waals surface area contributed by atoms with Gasteiger partial charge in [-0.25, -0.2) is 14.8 Å². The molecule has 1 fully saturated rings. The van der Waals surface area contributed by atoms with Crippen LogP contribution in [0.25, 0.3) is 0 Å². The van der Waals surface area contributed by atoms with E-state index in [0.717, 1.165) is 11.5 Å². The highest BCUT2D eigenvalue weighted by Gasteiger charge is 2.22. The smallest absolute Gasteiger partial charge is 0.409 e. The molecule has 1 aromatic carbocycles. The number of rotatable bonds is 4. The van der Waals surface area contributed by atoms with E-state index in [9.17, 15) is 4.79 Å². The standard InChI is InChI=1S/C18H20N6O2/c1-2-26-18(25)24-8-6-23(7-9-24)17-11-16(20-13-21-17)22-15-5-3-4-14(10-15)12-19/h3-5,10-11,13H,2,6-9H2,1H3,(H,20,21,22). The zero-order valence-electron chi connectivity index (χ0n) is 14.6. The predicted molar refractivity (Wildman–Crippen MR) is 97.3 cm³/mol. The van der Waals surface area contributed by atoms with E-state index in [1.807, 2.05) is 18.2 Å². The lowest BCUT2D eigenvalue weighted by atomic mass is 10.2. The molecule has 0 aliphatic carbocycles. The van der Waals surface area contributed by atoms with E-state index in [-0.39, 0.29) is 6.09 Å². The molecular formula is C18H20N6O2. The van der Waals surface area contributed by atoms with E-state index in [1.54, 1.807) is 24.0 Å². The van der Waals surface area contributed by atoms with Gasteiger partial charge in [-0.1, -0.05) is 6.07 Å². The highest BCUT2D eigenvalue weighted by atomic mass is 16.6. The molecule has 0 bridgehead atoms. The van der Waals surface area contributed by atoms with Gasteiger partial charge in [-0.15, -0.1) is 0 Å². The van der Waals surface area contributed by atoms with Crippen molar-refractivity contribution in [3.8, 4) is 6.07 Å². The van der Waals surface area contributed by atoms with Crippen molar-refractivity contribution in [2.24, 2.45) is 0 Å². The Bertz CT molecular complexity index is 811. The molecule has 2 heterocycles. The van der Waals surface area contributed by atoms with Gasteiger partial charge in [0.05, 0.1) is 18.2 Å². The number of nitrogens with zero attached hydrogens (tertiary/aromatic N) is 5. The van der Waals surface area contributed by atoms with Crippen LogP contribution in [-0.4, -0.2) is 53.7 Å². The number of aromatic nitrogens is 2. The van der Waals surface area contributed by atoms with Gasteiger partial charge in [0.2, 0.25) is 0 Å². The van der Waals surface area contributed by atoms with Crippen molar-refractivity contribution in [2.45, 2.75) is 6.92 Å². The number of nitriles is 1. The van der Waals surface area contributed by atoms with Crippen LogP contribution in [0.15, 0.2) is 36.7 Å². The van der Waals surface area contributed by atoms with Crippen molar-refractivity contribution in [3.63, 3.8) is 0 Å². The topological polar surface area (TPSA) is 94.4 Å². The SMILES string of the molecule is CCOC(=O)N1CCN(c2cc(Nc3cccc(C#N)c3)ncn2)CC1. The minimum absolute atomic E-state index is 0.269. The van der Waals surface area contributed by atoms with Crippen LogP contribution in [-0.2, 0) is 4.74 Å². The number of amides is 1. The van der Waals surface area contributed by atoms with Crippen molar-refractivity contribution >= 4 is 23.4 Å². The fourth-order valence-electron chi connectivity index (χ4n) is 2.74. The van der Waals surface area contributed by atoms with Crippen LogP contribution in [0.3, 0.4) is 0 Å². The van der Waals surface area contributed by atoms with E-state index in [1.165, 1.54) is 6.33 Å². The summed E-state index contributed by atoms with van der Waals surface area (Å²) in [4.78, 5) is 24.2. The lowest BCUT2D eigenvalue weighted by Crippen LogP contribution is -2.49. The van der Waals surface area contributed by atoms with Crippen LogP contribution >= 0.6 is 0 Å². The predicted octanol–water partition coefficient (Wildman–Crippen LogP) is 2.37. The third-order valence-corrected chi connectivity index (χ3v) is 4.05. The summed E-state index contributed by atoms with van der Waals surface area (Å²) in [7, 11) is 0. The summed E-state index contributed by atoms with van der Waals surface area (Å²) in [6, 6.07) is 11.2. The molecule has 1 N–H and O–H groups in total. The minimum atomic E-state index is -0.269. The third-order valence-electron chi connectivity index (χ3n) is 4.05. The molecule has 26 heavy (non-hydrogen) atoms. The zero-order valence-corrected chi connectivity index (χ0v) is 14.6. The van der Waals surface area contributed by atoms with Gasteiger partial charge in [-0.05, 0) is 25.1 Å². The highest BCUT2D eigenvalue weighted by Crippen LogP contribution is 2.20. The van der Waals surface area contributed by atoms with Gasteiger partial charge >= 0.3 is 6.09 Å². The van der Waals surface area contributed by atoms with Gasteiger partial charge in [0.25, 0.3) is 0 Å². The number of benzene rings is 1. The van der Waals surface area contributed by atoms with Crippen molar-refractivity contribution in [2.75, 3.05) is 43.0 Å². The lowest BCUT2D eigenvalue weighted by molar-refractivity contribution is 0.105. The monoisotopic (exact) mass is 352 g/mol. The molecule has 0 atom stereocenters. The number of ether oxygens (including phenoxy) is 1. The molecule has 2 aromatic rings. The Hall–Kier alpha value is -3.34. The minimum Gasteiger partial charge on any atom is -0.450 e. The van der Waals surface area contributed by atoms with Gasteiger partial charge < -0.3 is 19.9 Å². The second-order valence-corrected chi connectivity index (χ2v) is 5.75. The maximum atomic E-state index is 11.8. The molecule has 0 unspecified atom stereocenters. The van der Waals surface area contributed by atoms with E-state index < -0.39 is 0 Å². The molecule has 134 valence electrons. The van der Waals surface area contributed by atoms with Crippen molar-refractivity contribution in [1.29, 1.82) is 5.26 Å². The molecule has 1 aliphatic rings. The lowest BCUT2D eigenvalue weighted by Gasteiger charge is -2.34. The largest absolute Gasteiger partial charge is 0.450 e. The number of carbonyl (C=O) groups excluding carboxylic acids is 1. The molecule has 1 aliphatic heterocycles. The van der Waals surface area contributed by atoms with Crippen LogP contribution in [0.2, 0.25) is 0 Å². The first-order valence-electron chi connectivity index (χ1n) is 8.45. The van der Waals surface area contributed by atoms with Crippen molar-refractivity contribution in [3.05, 3.63) is 42.2 Å². The van der Waals surface area contributed by atoms with Gasteiger partial charge in [0.1, 0.15) is 18.0 Å². The Labute approximate surface area is 152 Å². The fraction of sp³-hybridized carbons (Fsp3) is 0.333. The summed E-state index contributed by atoms with van der Waals surface area (Å²) in [6.07, 6.45) is 1.23. The van der Waals surface area contributed by atoms with Crippen LogP contribution < -0.4 is 10.2 Å². The Morgan fingerprint density at radius 1 is 1.27 bits per heavy atom. The fourth-order valence-corrected chi connectivity index (χ4v) is 2.74. The highest BCUT2D eigenvalue weighted by molar-refractivity contribution is 5.68. The van der Waals surface area contributed by atoms with Crippen LogP contribution in [0, 0.1) is 11.3 Å². The van der Waals surface area contributed by atoms with Crippen LogP contribution in [0.4, 0.5) is 22.1 Å². The summed E-state index contributed by atoms with van der Waals surface area (Å²) >= 11 is 0. The number of piperazine rings is 1. The molecule has 0 spiro atoms. The van der Waals surface area contributed by atoms with Crippen LogP contribution in [0.5, 0.6) is 0 Å². The van der Waals surface area contributed by atoms with Gasteiger partial charge in [-0.2, -0.15) is 5.26 Å². The zero-order chi connectivity index (χ0) is 18.4. The molecule has 1 saturated heterocycles. The van der Waals surface area contributed by atoms with E-state index in [0.29, 0.717) is 44.2 Å². The number of carbonyl (C=O) groups is 1. The second kappa shape index (κ2) is 8.16. The Morgan fingerprint density at radius 2 is 2.08 bits per heavy atom. The normalized spacial score (nSPS) is 13.8. The quantitative estimate of drug-likeness (QED) is 0.902. The summed E-state index contributed by atoms with van der Waals surface area (Å²) in [6.45, 7) is 4.73. The molecule has 8 nitrogen and oxygen atoms in total. The molecule has 8 heteroatoms.